The molecule has 4 aromatic rings. The zero-order valence-electron chi connectivity index (χ0n) is 18.8. The van der Waals surface area contributed by atoms with Crippen LogP contribution in [0.15, 0.2) is 91.0 Å². The van der Waals surface area contributed by atoms with Crippen LogP contribution in [-0.2, 0) is 18.4 Å². The topological polar surface area (TPSA) is 40.5 Å². The average molecular weight is 459 g/mol. The average Bonchev–Trinajstić information content (AvgIpc) is 2.79. The molecule has 0 aliphatic carbocycles. The molecule has 0 heterocycles. The quantitative estimate of drug-likeness (QED) is 0.356. The third-order valence-electron chi connectivity index (χ3n) is 5.65. The second-order valence-corrected chi connectivity index (χ2v) is 10.2. The maximum absolute atomic E-state index is 14.0. The van der Waals surface area contributed by atoms with Gasteiger partial charge in [0.15, 0.2) is 0 Å². The third-order valence-corrected chi connectivity index (χ3v) is 7.00. The standard InChI is InChI=1S/C29H28FO2P/c1-29(2,32)25-19-24(30)13-14-26(25)33-27-18-22(15-20-9-5-3-6-10-20)17-23(28(27)31)16-21-11-7-4-8-12-21/h3-14,17-19,31-33H,15-16H2,1-2H3. The van der Waals surface area contributed by atoms with Gasteiger partial charge in [-0.1, -0.05) is 81.4 Å². The van der Waals surface area contributed by atoms with Gasteiger partial charge in [0.2, 0.25) is 0 Å². The van der Waals surface area contributed by atoms with Crippen LogP contribution in [0.4, 0.5) is 4.39 Å². The Balaban J connectivity index is 1.77. The molecule has 0 bridgehead atoms. The minimum atomic E-state index is -1.19. The molecule has 4 aromatic carbocycles. The number of rotatable bonds is 7. The summed E-state index contributed by atoms with van der Waals surface area (Å²) in [6, 6.07) is 28.9. The Morgan fingerprint density at radius 3 is 1.94 bits per heavy atom. The molecule has 2 nitrogen and oxygen atoms in total. The highest BCUT2D eigenvalue weighted by molar-refractivity contribution is 7.55. The molecule has 0 saturated carbocycles. The SMILES string of the molecule is CC(C)(O)c1cc(F)ccc1Pc1cc(Cc2ccccc2)cc(Cc2ccccc2)c1O. The number of phenols is 1. The van der Waals surface area contributed by atoms with Crippen molar-refractivity contribution >= 4 is 19.2 Å². The molecule has 0 fully saturated rings. The number of benzene rings is 4. The Kier molecular flexibility index (Phi) is 6.93. The summed E-state index contributed by atoms with van der Waals surface area (Å²) in [5.41, 5.74) is 3.65. The lowest BCUT2D eigenvalue weighted by Crippen LogP contribution is -2.24. The first-order chi connectivity index (χ1) is 15.8. The van der Waals surface area contributed by atoms with E-state index in [1.54, 1.807) is 19.9 Å². The smallest absolute Gasteiger partial charge is 0.126 e. The first-order valence-corrected chi connectivity index (χ1v) is 12.0. The highest BCUT2D eigenvalue weighted by Gasteiger charge is 2.22. The van der Waals surface area contributed by atoms with Crippen LogP contribution < -0.4 is 10.6 Å². The molecule has 1 atom stereocenters. The molecule has 2 N–H and O–H groups in total. The Morgan fingerprint density at radius 1 is 0.727 bits per heavy atom. The van der Waals surface area contributed by atoms with Gasteiger partial charge >= 0.3 is 0 Å². The number of hydrogen-bond donors (Lipinski definition) is 2. The molecule has 4 heteroatoms. The van der Waals surface area contributed by atoms with E-state index in [4.69, 9.17) is 0 Å². The lowest BCUT2D eigenvalue weighted by molar-refractivity contribution is 0.0794. The van der Waals surface area contributed by atoms with Gasteiger partial charge in [-0.05, 0) is 71.6 Å². The number of halogens is 1. The largest absolute Gasteiger partial charge is 0.507 e. The van der Waals surface area contributed by atoms with Crippen molar-refractivity contribution in [2.24, 2.45) is 0 Å². The van der Waals surface area contributed by atoms with Crippen molar-refractivity contribution in [1.82, 2.24) is 0 Å². The molecular formula is C29H28FO2P. The second-order valence-electron chi connectivity index (χ2n) is 8.85. The third kappa shape index (κ3) is 5.87. The highest BCUT2D eigenvalue weighted by atomic mass is 31.1. The van der Waals surface area contributed by atoms with E-state index in [1.807, 2.05) is 42.5 Å². The summed E-state index contributed by atoms with van der Waals surface area (Å²) in [6.45, 7) is 3.31. The Morgan fingerprint density at radius 2 is 1.33 bits per heavy atom. The van der Waals surface area contributed by atoms with Crippen LogP contribution in [0, 0.1) is 5.82 Å². The van der Waals surface area contributed by atoms with E-state index in [9.17, 15) is 14.6 Å². The van der Waals surface area contributed by atoms with Crippen molar-refractivity contribution in [3.05, 3.63) is 125 Å². The fraction of sp³-hybridized carbons (Fsp3) is 0.172. The van der Waals surface area contributed by atoms with Gasteiger partial charge in [-0.2, -0.15) is 0 Å². The fourth-order valence-electron chi connectivity index (χ4n) is 4.02. The number of phenolic OH excluding ortho intramolecular Hbond substituents is 1. The molecule has 33 heavy (non-hydrogen) atoms. The van der Waals surface area contributed by atoms with Gasteiger partial charge in [0, 0.05) is 11.7 Å². The molecule has 0 saturated heterocycles. The van der Waals surface area contributed by atoms with Crippen LogP contribution in [0.5, 0.6) is 5.75 Å². The van der Waals surface area contributed by atoms with E-state index < -0.39 is 5.60 Å². The molecule has 0 aromatic heterocycles. The van der Waals surface area contributed by atoms with Crippen molar-refractivity contribution in [1.29, 1.82) is 0 Å². The van der Waals surface area contributed by atoms with Gasteiger partial charge < -0.3 is 10.2 Å². The first kappa shape index (κ1) is 23.2. The Labute approximate surface area is 196 Å². The van der Waals surface area contributed by atoms with E-state index in [1.165, 1.54) is 17.7 Å². The summed E-state index contributed by atoms with van der Waals surface area (Å²) >= 11 is 0. The molecule has 4 rings (SSSR count). The molecule has 0 aliphatic rings. The van der Waals surface area contributed by atoms with Gasteiger partial charge in [0.1, 0.15) is 11.6 Å². The summed E-state index contributed by atoms with van der Waals surface area (Å²) in [5.74, 6) is -0.118. The van der Waals surface area contributed by atoms with E-state index >= 15 is 0 Å². The molecule has 0 aliphatic heterocycles. The van der Waals surface area contributed by atoms with Crippen LogP contribution in [0.25, 0.3) is 0 Å². The van der Waals surface area contributed by atoms with Gasteiger partial charge in [-0.15, -0.1) is 0 Å². The predicted molar refractivity (Wildman–Crippen MR) is 136 cm³/mol. The Hall–Kier alpha value is -3.00. The van der Waals surface area contributed by atoms with Crippen LogP contribution in [0.2, 0.25) is 0 Å². The van der Waals surface area contributed by atoms with Gasteiger partial charge in [0.25, 0.3) is 0 Å². The van der Waals surface area contributed by atoms with Crippen LogP contribution in [-0.4, -0.2) is 10.2 Å². The lowest BCUT2D eigenvalue weighted by atomic mass is 9.98. The molecule has 168 valence electrons. The summed E-state index contributed by atoms with van der Waals surface area (Å²) < 4.78 is 14.0. The molecule has 0 radical (unpaired) electrons. The minimum Gasteiger partial charge on any atom is -0.507 e. The highest BCUT2D eigenvalue weighted by Crippen LogP contribution is 2.30. The first-order valence-electron chi connectivity index (χ1n) is 11.0. The minimum absolute atomic E-state index is 0.0818. The number of aromatic hydroxyl groups is 1. The van der Waals surface area contributed by atoms with Crippen LogP contribution in [0.3, 0.4) is 0 Å². The van der Waals surface area contributed by atoms with Crippen molar-refractivity contribution < 1.29 is 14.6 Å². The van der Waals surface area contributed by atoms with E-state index in [-0.39, 0.29) is 20.1 Å². The van der Waals surface area contributed by atoms with Crippen LogP contribution in [0.1, 0.15) is 41.7 Å². The van der Waals surface area contributed by atoms with E-state index in [2.05, 4.69) is 30.3 Å². The van der Waals surface area contributed by atoms with Crippen LogP contribution >= 0.6 is 8.58 Å². The zero-order chi connectivity index (χ0) is 23.4. The van der Waals surface area contributed by atoms with Crippen molar-refractivity contribution in [2.45, 2.75) is 32.3 Å². The van der Waals surface area contributed by atoms with Crippen molar-refractivity contribution in [3.8, 4) is 5.75 Å². The number of hydrogen-bond acceptors (Lipinski definition) is 2. The molecule has 0 amide bonds. The fourth-order valence-corrected chi connectivity index (χ4v) is 5.52. The van der Waals surface area contributed by atoms with Crippen molar-refractivity contribution in [2.75, 3.05) is 0 Å². The summed E-state index contributed by atoms with van der Waals surface area (Å²) in [5, 5.41) is 23.5. The predicted octanol–water partition coefficient (Wildman–Crippen LogP) is 5.57. The normalized spacial score (nSPS) is 11.9. The maximum atomic E-state index is 14.0. The van der Waals surface area contributed by atoms with Gasteiger partial charge in [-0.25, -0.2) is 4.39 Å². The molecular weight excluding hydrogens is 430 g/mol. The lowest BCUT2D eigenvalue weighted by Gasteiger charge is -2.22. The molecule has 1 unspecified atom stereocenters. The second kappa shape index (κ2) is 9.87. The summed E-state index contributed by atoms with van der Waals surface area (Å²) in [7, 11) is 0.0818. The Bertz CT molecular complexity index is 1230. The van der Waals surface area contributed by atoms with E-state index in [0.29, 0.717) is 12.0 Å². The van der Waals surface area contributed by atoms with Gasteiger partial charge in [-0.3, -0.25) is 0 Å². The monoisotopic (exact) mass is 458 g/mol. The maximum Gasteiger partial charge on any atom is 0.126 e. The zero-order valence-corrected chi connectivity index (χ0v) is 19.8. The van der Waals surface area contributed by atoms with E-state index in [0.717, 1.165) is 33.7 Å². The van der Waals surface area contributed by atoms with Crippen molar-refractivity contribution in [3.63, 3.8) is 0 Å². The summed E-state index contributed by atoms with van der Waals surface area (Å²) in [4.78, 5) is 0. The number of aliphatic hydroxyl groups is 1. The molecule has 0 spiro atoms. The summed E-state index contributed by atoms with van der Waals surface area (Å²) in [6.07, 6.45) is 1.37. The van der Waals surface area contributed by atoms with Gasteiger partial charge in [0.05, 0.1) is 5.60 Å².